The van der Waals surface area contributed by atoms with Gasteiger partial charge < -0.3 is 4.90 Å². The lowest BCUT2D eigenvalue weighted by atomic mass is 10.1. The fraction of sp³-hybridized carbons (Fsp3) is 0.368. The van der Waals surface area contributed by atoms with E-state index in [1.165, 1.54) is 16.8 Å². The van der Waals surface area contributed by atoms with Gasteiger partial charge in [-0.25, -0.2) is 8.42 Å². The van der Waals surface area contributed by atoms with Crippen molar-refractivity contribution >= 4 is 15.7 Å². The number of hydrogen-bond acceptors (Lipinski definition) is 3. The van der Waals surface area contributed by atoms with Crippen molar-refractivity contribution in [2.75, 3.05) is 31.1 Å². The molecule has 1 saturated heterocycles. The van der Waals surface area contributed by atoms with Gasteiger partial charge in [0.25, 0.3) is 0 Å². The first-order valence-electron chi connectivity index (χ1n) is 8.30. The summed E-state index contributed by atoms with van der Waals surface area (Å²) in [4.78, 5) is 2.29. The first-order chi connectivity index (χ1) is 11.5. The quantitative estimate of drug-likeness (QED) is 0.856. The zero-order valence-corrected chi connectivity index (χ0v) is 15.1. The lowest BCUT2D eigenvalue weighted by Crippen LogP contribution is -2.49. The van der Waals surface area contributed by atoms with Crippen LogP contribution in [0.4, 0.5) is 5.69 Å². The smallest absolute Gasteiger partial charge is 0.218 e. The summed E-state index contributed by atoms with van der Waals surface area (Å²) in [6, 6.07) is 15.7. The molecule has 4 nitrogen and oxygen atoms in total. The average Bonchev–Trinajstić information content (AvgIpc) is 2.58. The normalized spacial score (nSPS) is 16.3. The lowest BCUT2D eigenvalue weighted by Gasteiger charge is -2.36. The zero-order chi connectivity index (χ0) is 17.2. The van der Waals surface area contributed by atoms with Crippen molar-refractivity contribution in [1.82, 2.24) is 4.31 Å². The molecule has 5 heteroatoms. The highest BCUT2D eigenvalue weighted by molar-refractivity contribution is 7.88. The first-order valence-corrected chi connectivity index (χ1v) is 9.91. The van der Waals surface area contributed by atoms with Gasteiger partial charge in [0, 0.05) is 31.9 Å². The van der Waals surface area contributed by atoms with Gasteiger partial charge in [0.05, 0.1) is 5.75 Å². The van der Waals surface area contributed by atoms with Gasteiger partial charge in [-0.3, -0.25) is 0 Å². The Morgan fingerprint density at radius 3 is 2.21 bits per heavy atom. The zero-order valence-electron chi connectivity index (χ0n) is 14.3. The summed E-state index contributed by atoms with van der Waals surface area (Å²) in [5.41, 5.74) is 4.61. The van der Waals surface area contributed by atoms with E-state index in [-0.39, 0.29) is 5.75 Å². The van der Waals surface area contributed by atoms with Crippen LogP contribution in [0, 0.1) is 13.8 Å². The van der Waals surface area contributed by atoms with Crippen molar-refractivity contribution in [3.8, 4) is 0 Å². The number of nitrogens with zero attached hydrogens (tertiary/aromatic N) is 2. The van der Waals surface area contributed by atoms with Gasteiger partial charge >= 0.3 is 0 Å². The van der Waals surface area contributed by atoms with Crippen LogP contribution < -0.4 is 4.90 Å². The number of hydrogen-bond donors (Lipinski definition) is 0. The molecule has 0 amide bonds. The van der Waals surface area contributed by atoms with Crippen LogP contribution in [0.15, 0.2) is 48.5 Å². The Kier molecular flexibility index (Phi) is 4.92. The Morgan fingerprint density at radius 1 is 0.875 bits per heavy atom. The summed E-state index contributed by atoms with van der Waals surface area (Å²) in [5.74, 6) is 0.0807. The Balaban J connectivity index is 1.67. The molecule has 2 aromatic rings. The number of rotatable bonds is 4. The van der Waals surface area contributed by atoms with Gasteiger partial charge in [0.15, 0.2) is 0 Å². The monoisotopic (exact) mass is 344 g/mol. The minimum Gasteiger partial charge on any atom is -0.369 e. The average molecular weight is 344 g/mol. The molecule has 1 aliphatic rings. The molecule has 0 aliphatic carbocycles. The summed E-state index contributed by atoms with van der Waals surface area (Å²) >= 11 is 0. The number of aryl methyl sites for hydroxylation is 1. The highest BCUT2D eigenvalue weighted by Crippen LogP contribution is 2.24. The van der Waals surface area contributed by atoms with E-state index < -0.39 is 10.0 Å². The first kappa shape index (κ1) is 17.0. The number of sulfonamides is 1. The summed E-state index contributed by atoms with van der Waals surface area (Å²) in [7, 11) is -3.25. The summed E-state index contributed by atoms with van der Waals surface area (Å²) < 4.78 is 26.9. The van der Waals surface area contributed by atoms with Crippen molar-refractivity contribution in [2.24, 2.45) is 0 Å². The molecule has 2 aromatic carbocycles. The Labute approximate surface area is 144 Å². The fourth-order valence-electron chi connectivity index (χ4n) is 3.16. The maximum Gasteiger partial charge on any atom is 0.218 e. The summed E-state index contributed by atoms with van der Waals surface area (Å²) in [6.45, 7) is 6.80. The maximum absolute atomic E-state index is 12.6. The topological polar surface area (TPSA) is 40.6 Å². The van der Waals surface area contributed by atoms with Crippen molar-refractivity contribution < 1.29 is 8.42 Å². The maximum atomic E-state index is 12.6. The predicted molar refractivity (Wildman–Crippen MR) is 98.8 cm³/mol. The molecule has 1 aliphatic heterocycles. The molecule has 3 rings (SSSR count). The van der Waals surface area contributed by atoms with E-state index in [0.29, 0.717) is 13.1 Å². The van der Waals surface area contributed by atoms with Gasteiger partial charge in [-0.2, -0.15) is 4.31 Å². The van der Waals surface area contributed by atoms with Gasteiger partial charge in [0.1, 0.15) is 0 Å². The van der Waals surface area contributed by atoms with Crippen LogP contribution >= 0.6 is 0 Å². The molecule has 0 atom stereocenters. The second-order valence-electron chi connectivity index (χ2n) is 6.35. The largest absolute Gasteiger partial charge is 0.369 e. The van der Waals surface area contributed by atoms with Crippen molar-refractivity contribution in [1.29, 1.82) is 0 Å². The molecule has 0 bridgehead atoms. The van der Waals surface area contributed by atoms with Gasteiger partial charge in [-0.1, -0.05) is 42.5 Å². The standard InChI is InChI=1S/C19H24N2O2S/c1-16-7-6-10-19(17(16)2)20-11-13-21(14-12-20)24(22,23)15-18-8-4-3-5-9-18/h3-10H,11-15H2,1-2H3. The third-order valence-electron chi connectivity index (χ3n) is 4.74. The van der Waals surface area contributed by atoms with Crippen molar-refractivity contribution in [3.05, 3.63) is 65.2 Å². The molecule has 1 fully saturated rings. The summed E-state index contributed by atoms with van der Waals surface area (Å²) in [5, 5.41) is 0. The number of anilines is 1. The second kappa shape index (κ2) is 6.95. The van der Waals surface area contributed by atoms with Crippen LogP contribution in [0.25, 0.3) is 0 Å². The highest BCUT2D eigenvalue weighted by Gasteiger charge is 2.27. The Hall–Kier alpha value is -1.85. The fourth-order valence-corrected chi connectivity index (χ4v) is 4.68. The SMILES string of the molecule is Cc1cccc(N2CCN(S(=O)(=O)Cc3ccccc3)CC2)c1C. The van der Waals surface area contributed by atoms with Crippen LogP contribution in [0.5, 0.6) is 0 Å². The molecule has 0 radical (unpaired) electrons. The molecular weight excluding hydrogens is 320 g/mol. The van der Waals surface area contributed by atoms with E-state index in [4.69, 9.17) is 0 Å². The molecule has 0 unspecified atom stereocenters. The number of piperazine rings is 1. The highest BCUT2D eigenvalue weighted by atomic mass is 32.2. The molecule has 0 spiro atoms. The van der Waals surface area contributed by atoms with E-state index in [9.17, 15) is 8.42 Å². The molecule has 24 heavy (non-hydrogen) atoms. The van der Waals surface area contributed by atoms with Gasteiger partial charge in [0.2, 0.25) is 10.0 Å². The van der Waals surface area contributed by atoms with Crippen LogP contribution in [0.1, 0.15) is 16.7 Å². The van der Waals surface area contributed by atoms with E-state index in [1.807, 2.05) is 30.3 Å². The van der Waals surface area contributed by atoms with Crippen molar-refractivity contribution in [3.63, 3.8) is 0 Å². The minimum atomic E-state index is -3.25. The molecule has 1 heterocycles. The van der Waals surface area contributed by atoms with Crippen molar-refractivity contribution in [2.45, 2.75) is 19.6 Å². The third kappa shape index (κ3) is 3.62. The summed E-state index contributed by atoms with van der Waals surface area (Å²) in [6.07, 6.45) is 0. The van der Waals surface area contributed by atoms with E-state index in [2.05, 4.69) is 36.9 Å². The van der Waals surface area contributed by atoms with E-state index >= 15 is 0 Å². The lowest BCUT2D eigenvalue weighted by molar-refractivity contribution is 0.384. The van der Waals surface area contributed by atoms with Gasteiger partial charge in [-0.15, -0.1) is 0 Å². The van der Waals surface area contributed by atoms with Gasteiger partial charge in [-0.05, 0) is 36.6 Å². The van der Waals surface area contributed by atoms with Crippen LogP contribution in [-0.4, -0.2) is 38.9 Å². The molecule has 0 saturated carbocycles. The molecule has 128 valence electrons. The second-order valence-corrected chi connectivity index (χ2v) is 8.32. The molecule has 0 aromatic heterocycles. The minimum absolute atomic E-state index is 0.0807. The van der Waals surface area contributed by atoms with E-state index in [1.54, 1.807) is 4.31 Å². The third-order valence-corrected chi connectivity index (χ3v) is 6.59. The molecular formula is C19H24N2O2S. The number of benzene rings is 2. The Bertz CT molecular complexity index is 795. The van der Waals surface area contributed by atoms with E-state index in [0.717, 1.165) is 18.7 Å². The van der Waals surface area contributed by atoms with Crippen LogP contribution in [0.3, 0.4) is 0 Å². The Morgan fingerprint density at radius 2 is 1.54 bits per heavy atom. The van der Waals surface area contributed by atoms with Crippen LogP contribution in [0.2, 0.25) is 0 Å². The van der Waals surface area contributed by atoms with Crippen LogP contribution in [-0.2, 0) is 15.8 Å². The molecule has 0 N–H and O–H groups in total. The predicted octanol–water partition coefficient (Wildman–Crippen LogP) is 2.96.